The second-order valence-electron chi connectivity index (χ2n) is 7.78. The van der Waals surface area contributed by atoms with Crippen LogP contribution in [0.4, 0.5) is 9.18 Å². The van der Waals surface area contributed by atoms with Crippen molar-refractivity contribution in [2.45, 2.75) is 32.0 Å². The number of rotatable bonds is 5. The van der Waals surface area contributed by atoms with Gasteiger partial charge in [-0.05, 0) is 23.3 Å². The number of urea groups is 1. The van der Waals surface area contributed by atoms with Crippen molar-refractivity contribution in [3.63, 3.8) is 0 Å². The molecule has 3 aromatic rings. The Hall–Kier alpha value is -3.75. The monoisotopic (exact) mass is 422 g/mol. The molecule has 0 spiro atoms. The van der Waals surface area contributed by atoms with Gasteiger partial charge in [-0.25, -0.2) is 9.78 Å². The van der Waals surface area contributed by atoms with Crippen molar-refractivity contribution in [3.05, 3.63) is 65.4 Å². The van der Waals surface area contributed by atoms with E-state index < -0.39 is 24.0 Å². The number of para-hydroxylation sites is 1. The molecule has 5 rings (SSSR count). The smallest absolute Gasteiger partial charge is 0.327 e. The van der Waals surface area contributed by atoms with Gasteiger partial charge in [0.15, 0.2) is 0 Å². The Kier molecular flexibility index (Phi) is 4.46. The number of carbonyl (C=O) groups excluding carboxylic acids is 2. The van der Waals surface area contributed by atoms with Gasteiger partial charge in [0.25, 0.3) is 5.91 Å². The lowest BCUT2D eigenvalue weighted by Crippen LogP contribution is -2.40. The molecule has 8 nitrogen and oxygen atoms in total. The van der Waals surface area contributed by atoms with Crippen LogP contribution in [0.3, 0.4) is 0 Å². The molecule has 3 amide bonds. The number of nitrogens with zero attached hydrogens (tertiary/aromatic N) is 4. The average molecular weight is 422 g/mol. The quantitative estimate of drug-likeness (QED) is 0.503. The van der Waals surface area contributed by atoms with E-state index in [0.717, 1.165) is 32.6 Å². The van der Waals surface area contributed by atoms with Gasteiger partial charge in [-0.15, -0.1) is 0 Å². The number of carboxylic acid groups (broad SMARTS) is 1. The van der Waals surface area contributed by atoms with Crippen molar-refractivity contribution in [2.24, 2.45) is 0 Å². The molecule has 1 fully saturated rings. The first-order valence-electron chi connectivity index (χ1n) is 9.97. The number of carbonyl (C=O) groups is 3. The highest BCUT2D eigenvalue weighted by atomic mass is 19.1. The summed E-state index contributed by atoms with van der Waals surface area (Å²) in [5, 5.41) is 9.94. The second kappa shape index (κ2) is 7.19. The Morgan fingerprint density at radius 2 is 2.00 bits per heavy atom. The van der Waals surface area contributed by atoms with Gasteiger partial charge in [0, 0.05) is 42.3 Å². The lowest BCUT2D eigenvalue weighted by Gasteiger charge is -2.28. The van der Waals surface area contributed by atoms with E-state index in [9.17, 15) is 18.8 Å². The summed E-state index contributed by atoms with van der Waals surface area (Å²) in [6.45, 7) is 0.566. The van der Waals surface area contributed by atoms with E-state index in [2.05, 4.69) is 9.55 Å². The van der Waals surface area contributed by atoms with Crippen molar-refractivity contribution in [2.75, 3.05) is 6.54 Å². The minimum absolute atomic E-state index is 0.133. The number of pyridine rings is 1. The van der Waals surface area contributed by atoms with Gasteiger partial charge in [-0.2, -0.15) is 4.39 Å². The maximum atomic E-state index is 13.2. The molecule has 2 aromatic heterocycles. The summed E-state index contributed by atoms with van der Waals surface area (Å²) < 4.78 is 15.3. The first-order valence-corrected chi connectivity index (χ1v) is 9.97. The fraction of sp³-hybridized carbons (Fsp3) is 0.273. The molecule has 1 aromatic carbocycles. The number of amides is 3. The molecule has 2 aliphatic rings. The van der Waals surface area contributed by atoms with Crippen LogP contribution in [0, 0.1) is 5.95 Å². The fourth-order valence-electron chi connectivity index (χ4n) is 4.54. The summed E-state index contributed by atoms with van der Waals surface area (Å²) in [6, 6.07) is 9.74. The topological polar surface area (TPSA) is 95.7 Å². The lowest BCUT2D eigenvalue weighted by atomic mass is 9.97. The number of hydrogen-bond donors (Lipinski definition) is 1. The largest absolute Gasteiger partial charge is 0.481 e. The maximum Gasteiger partial charge on any atom is 0.327 e. The van der Waals surface area contributed by atoms with Gasteiger partial charge in [0.05, 0.1) is 13.0 Å². The van der Waals surface area contributed by atoms with Crippen LogP contribution in [0.25, 0.3) is 10.9 Å². The number of aromatic nitrogens is 2. The molecule has 158 valence electrons. The summed E-state index contributed by atoms with van der Waals surface area (Å²) in [4.78, 5) is 42.9. The van der Waals surface area contributed by atoms with Crippen LogP contribution < -0.4 is 0 Å². The molecular formula is C22H19FN4O4. The second-order valence-corrected chi connectivity index (χ2v) is 7.78. The summed E-state index contributed by atoms with van der Waals surface area (Å²) in [6.07, 6.45) is 1.58. The standard InChI is InChI=1S/C22H19FN4O4/c23-19-6-5-13(10-24-19)11-26-16-4-2-1-3-14(16)15-9-17-21(30)25(8-7-20(28)29)22(31)27(17)12-18(15)26/h1-6,10,17H,7-9,11-12H2,(H,28,29). The molecule has 0 aliphatic carbocycles. The zero-order valence-electron chi connectivity index (χ0n) is 16.5. The Morgan fingerprint density at radius 3 is 2.74 bits per heavy atom. The minimum Gasteiger partial charge on any atom is -0.481 e. The van der Waals surface area contributed by atoms with Crippen LogP contribution in [-0.4, -0.2) is 55.0 Å². The van der Waals surface area contributed by atoms with Gasteiger partial charge < -0.3 is 14.6 Å². The van der Waals surface area contributed by atoms with Crippen molar-refractivity contribution in [1.29, 1.82) is 0 Å². The molecule has 9 heteroatoms. The molecule has 1 N–H and O–H groups in total. The molecule has 0 bridgehead atoms. The molecule has 1 unspecified atom stereocenters. The Morgan fingerprint density at radius 1 is 1.19 bits per heavy atom. The van der Waals surface area contributed by atoms with Crippen LogP contribution in [0.2, 0.25) is 0 Å². The molecule has 0 radical (unpaired) electrons. The van der Waals surface area contributed by atoms with Crippen LogP contribution in [0.15, 0.2) is 42.6 Å². The number of hydrogen-bond acceptors (Lipinski definition) is 4. The zero-order valence-corrected chi connectivity index (χ0v) is 16.5. The van der Waals surface area contributed by atoms with E-state index in [-0.39, 0.29) is 25.4 Å². The highest BCUT2D eigenvalue weighted by Crippen LogP contribution is 2.36. The third-order valence-corrected chi connectivity index (χ3v) is 5.99. The summed E-state index contributed by atoms with van der Waals surface area (Å²) in [7, 11) is 0. The number of carboxylic acids is 1. The van der Waals surface area contributed by atoms with Crippen LogP contribution in [0.5, 0.6) is 0 Å². The first-order chi connectivity index (χ1) is 14.9. The molecule has 2 aliphatic heterocycles. The number of fused-ring (bicyclic) bond motifs is 4. The van der Waals surface area contributed by atoms with Crippen molar-refractivity contribution in [3.8, 4) is 0 Å². The predicted molar refractivity (Wildman–Crippen MR) is 108 cm³/mol. The Bertz CT molecular complexity index is 1220. The van der Waals surface area contributed by atoms with Crippen molar-refractivity contribution >= 4 is 28.8 Å². The number of aliphatic carboxylic acids is 1. The first kappa shape index (κ1) is 19.2. The van der Waals surface area contributed by atoms with E-state index >= 15 is 0 Å². The maximum absolute atomic E-state index is 13.2. The predicted octanol–water partition coefficient (Wildman–Crippen LogP) is 2.39. The SMILES string of the molecule is O=C(O)CCN1C(=O)C2Cc3c(n(Cc4ccc(F)nc4)c4ccccc34)CN2C1=O. The van der Waals surface area contributed by atoms with E-state index in [1.807, 2.05) is 24.3 Å². The van der Waals surface area contributed by atoms with Crippen LogP contribution >= 0.6 is 0 Å². The molecule has 4 heterocycles. The summed E-state index contributed by atoms with van der Waals surface area (Å²) in [5.74, 6) is -1.95. The zero-order chi connectivity index (χ0) is 21.7. The lowest BCUT2D eigenvalue weighted by molar-refractivity contribution is -0.137. The minimum atomic E-state index is -1.06. The highest BCUT2D eigenvalue weighted by molar-refractivity contribution is 6.05. The van der Waals surface area contributed by atoms with E-state index in [1.165, 1.54) is 17.2 Å². The number of benzene rings is 1. The fourth-order valence-corrected chi connectivity index (χ4v) is 4.54. The Balaban J connectivity index is 1.53. The number of imide groups is 1. The van der Waals surface area contributed by atoms with Gasteiger partial charge >= 0.3 is 12.0 Å². The van der Waals surface area contributed by atoms with E-state index in [1.54, 1.807) is 6.07 Å². The third-order valence-electron chi connectivity index (χ3n) is 5.99. The molecule has 0 saturated carbocycles. The van der Waals surface area contributed by atoms with Gasteiger partial charge in [-0.3, -0.25) is 14.5 Å². The molecule has 31 heavy (non-hydrogen) atoms. The average Bonchev–Trinajstić information content (AvgIpc) is 3.19. The Labute approximate surface area is 176 Å². The molecule has 1 atom stereocenters. The highest BCUT2D eigenvalue weighted by Gasteiger charge is 2.48. The summed E-state index contributed by atoms with van der Waals surface area (Å²) in [5.41, 5.74) is 3.72. The van der Waals surface area contributed by atoms with E-state index in [4.69, 9.17) is 5.11 Å². The normalized spacial score (nSPS) is 17.9. The van der Waals surface area contributed by atoms with Crippen LogP contribution in [0.1, 0.15) is 23.2 Å². The van der Waals surface area contributed by atoms with Crippen molar-refractivity contribution in [1.82, 2.24) is 19.4 Å². The van der Waals surface area contributed by atoms with Gasteiger partial charge in [0.1, 0.15) is 6.04 Å². The van der Waals surface area contributed by atoms with Crippen molar-refractivity contribution < 1.29 is 23.9 Å². The third kappa shape index (κ3) is 3.13. The van der Waals surface area contributed by atoms with Gasteiger partial charge in [0.2, 0.25) is 5.95 Å². The number of halogens is 1. The summed E-state index contributed by atoms with van der Waals surface area (Å²) >= 11 is 0. The van der Waals surface area contributed by atoms with Crippen LogP contribution in [-0.2, 0) is 29.1 Å². The van der Waals surface area contributed by atoms with E-state index in [0.29, 0.717) is 13.0 Å². The molecular weight excluding hydrogens is 403 g/mol. The molecule has 1 saturated heterocycles. The van der Waals surface area contributed by atoms with Gasteiger partial charge in [-0.1, -0.05) is 24.3 Å².